The van der Waals surface area contributed by atoms with Gasteiger partial charge in [-0.2, -0.15) is 0 Å². The Hall–Kier alpha value is -1.34. The second-order valence-corrected chi connectivity index (χ2v) is 9.72. The number of hydrogen-bond donors (Lipinski definition) is 2. The van der Waals surface area contributed by atoms with Crippen LogP contribution in [0.25, 0.3) is 10.2 Å². The lowest BCUT2D eigenvalue weighted by molar-refractivity contribution is -0.119. The van der Waals surface area contributed by atoms with Crippen LogP contribution >= 0.6 is 23.1 Å². The van der Waals surface area contributed by atoms with Gasteiger partial charge in [-0.1, -0.05) is 32.1 Å². The lowest BCUT2D eigenvalue weighted by Gasteiger charge is -2.20. The topological polar surface area (TPSA) is 74.8 Å². The molecule has 2 aliphatic carbocycles. The van der Waals surface area contributed by atoms with Gasteiger partial charge in [-0.05, 0) is 37.7 Å². The maximum absolute atomic E-state index is 12.5. The predicted octanol–water partition coefficient (Wildman–Crippen LogP) is 3.94. The highest BCUT2D eigenvalue weighted by Crippen LogP contribution is 2.34. The Bertz CT molecular complexity index is 866. The Labute approximate surface area is 167 Å². The molecule has 2 aliphatic rings. The van der Waals surface area contributed by atoms with E-state index >= 15 is 0 Å². The zero-order valence-electron chi connectivity index (χ0n) is 15.6. The molecule has 1 saturated carbocycles. The van der Waals surface area contributed by atoms with Crippen molar-refractivity contribution in [1.82, 2.24) is 15.3 Å². The van der Waals surface area contributed by atoms with E-state index in [0.29, 0.717) is 23.4 Å². The zero-order valence-corrected chi connectivity index (χ0v) is 17.3. The average Bonchev–Trinajstić information content (AvgIpc) is 3.17. The number of aromatic amines is 1. The molecule has 0 unspecified atom stereocenters. The first-order valence-electron chi connectivity index (χ1n) is 10.1. The van der Waals surface area contributed by atoms with Gasteiger partial charge in [0, 0.05) is 10.9 Å². The molecule has 0 bridgehead atoms. The van der Waals surface area contributed by atoms with Crippen LogP contribution in [-0.2, 0) is 23.4 Å². The minimum Gasteiger partial charge on any atom is -0.353 e. The molecule has 27 heavy (non-hydrogen) atoms. The predicted molar refractivity (Wildman–Crippen MR) is 113 cm³/mol. The number of rotatable bonds is 5. The molecule has 0 saturated heterocycles. The number of carbonyl (C=O) groups is 1. The molecule has 0 atom stereocenters. The number of amides is 1. The van der Waals surface area contributed by atoms with Gasteiger partial charge in [-0.3, -0.25) is 9.59 Å². The molecule has 0 spiro atoms. The summed E-state index contributed by atoms with van der Waals surface area (Å²) < 4.78 is 0. The number of fused-ring (bicyclic) bond motifs is 3. The highest BCUT2D eigenvalue weighted by molar-refractivity contribution is 7.99. The van der Waals surface area contributed by atoms with E-state index < -0.39 is 0 Å². The first-order valence-corrected chi connectivity index (χ1v) is 12.1. The second-order valence-electron chi connectivity index (χ2n) is 7.65. The first kappa shape index (κ1) is 19.0. The summed E-state index contributed by atoms with van der Waals surface area (Å²) in [5, 5.41) is 3.98. The van der Waals surface area contributed by atoms with Crippen LogP contribution in [0.3, 0.4) is 0 Å². The molecule has 5 nitrogen and oxygen atoms in total. The van der Waals surface area contributed by atoms with E-state index in [-0.39, 0.29) is 11.5 Å². The van der Waals surface area contributed by atoms with Crippen molar-refractivity contribution in [3.8, 4) is 0 Å². The number of aromatic nitrogens is 2. The number of thioether (sulfide) groups is 1. The van der Waals surface area contributed by atoms with E-state index in [2.05, 4.69) is 15.3 Å². The van der Waals surface area contributed by atoms with Gasteiger partial charge in [-0.25, -0.2) is 4.98 Å². The summed E-state index contributed by atoms with van der Waals surface area (Å²) in [6.07, 6.45) is 11.8. The Kier molecular flexibility index (Phi) is 6.18. The molecule has 1 fully saturated rings. The minimum absolute atomic E-state index is 0.0195. The third-order valence-corrected chi connectivity index (χ3v) is 7.70. The fourth-order valence-electron chi connectivity index (χ4n) is 4.23. The molecule has 146 valence electrons. The maximum atomic E-state index is 12.5. The Morgan fingerprint density at radius 1 is 1.15 bits per heavy atom. The fraction of sp³-hybridized carbons (Fsp3) is 0.650. The summed E-state index contributed by atoms with van der Waals surface area (Å²) in [4.78, 5) is 34.5. The summed E-state index contributed by atoms with van der Waals surface area (Å²) in [5.41, 5.74) is 1.19. The molecule has 2 aromatic rings. The second kappa shape index (κ2) is 8.78. The van der Waals surface area contributed by atoms with E-state index in [9.17, 15) is 9.59 Å². The summed E-state index contributed by atoms with van der Waals surface area (Å²) in [7, 11) is 0. The lowest BCUT2D eigenvalue weighted by Crippen LogP contribution is -2.36. The van der Waals surface area contributed by atoms with Crippen molar-refractivity contribution >= 4 is 39.2 Å². The third kappa shape index (κ3) is 4.57. The van der Waals surface area contributed by atoms with Crippen molar-refractivity contribution in [2.24, 2.45) is 0 Å². The number of carbonyl (C=O) groups excluding carboxylic acids is 1. The quantitative estimate of drug-likeness (QED) is 0.790. The van der Waals surface area contributed by atoms with Gasteiger partial charge in [0.2, 0.25) is 5.91 Å². The van der Waals surface area contributed by atoms with Crippen molar-refractivity contribution in [3.63, 3.8) is 0 Å². The number of thiophene rings is 1. The number of nitrogens with one attached hydrogen (secondary N) is 2. The highest BCUT2D eigenvalue weighted by atomic mass is 32.2. The summed E-state index contributed by atoms with van der Waals surface area (Å²) in [6, 6.07) is 0.334. The standard InChI is InChI=1S/C20H27N3O2S2/c24-17(21-13-7-4-2-1-3-5-8-13)12-26-11-16-22-19(25)18-14-9-6-10-15(14)27-20(18)23-16/h13H,1-12H2,(H,21,24)(H,22,23,25). The lowest BCUT2D eigenvalue weighted by atomic mass is 9.97. The van der Waals surface area contributed by atoms with E-state index in [4.69, 9.17) is 0 Å². The Morgan fingerprint density at radius 3 is 2.74 bits per heavy atom. The van der Waals surface area contributed by atoms with E-state index in [1.807, 2.05) is 0 Å². The van der Waals surface area contributed by atoms with Gasteiger partial charge >= 0.3 is 0 Å². The van der Waals surface area contributed by atoms with Crippen molar-refractivity contribution in [3.05, 3.63) is 26.6 Å². The molecular formula is C20H27N3O2S2. The highest BCUT2D eigenvalue weighted by Gasteiger charge is 2.21. The summed E-state index contributed by atoms with van der Waals surface area (Å²) in [6.45, 7) is 0. The third-order valence-electron chi connectivity index (χ3n) is 5.57. The summed E-state index contributed by atoms with van der Waals surface area (Å²) in [5.74, 6) is 1.76. The Balaban J connectivity index is 1.31. The first-order chi connectivity index (χ1) is 13.2. The fourth-order valence-corrected chi connectivity index (χ4v) is 6.21. The van der Waals surface area contributed by atoms with E-state index in [1.54, 1.807) is 11.3 Å². The normalized spacial score (nSPS) is 18.2. The molecule has 0 radical (unpaired) electrons. The molecular weight excluding hydrogens is 378 g/mol. The van der Waals surface area contributed by atoms with Crippen molar-refractivity contribution in [2.45, 2.75) is 76.0 Å². The summed E-state index contributed by atoms with van der Waals surface area (Å²) >= 11 is 3.18. The van der Waals surface area contributed by atoms with Crippen molar-refractivity contribution < 1.29 is 4.79 Å². The number of nitrogens with zero attached hydrogens (tertiary/aromatic N) is 1. The number of H-pyrrole nitrogens is 1. The molecule has 2 aromatic heterocycles. The largest absolute Gasteiger partial charge is 0.353 e. The van der Waals surface area contributed by atoms with Gasteiger partial charge in [0.15, 0.2) is 0 Å². The van der Waals surface area contributed by atoms with Gasteiger partial charge < -0.3 is 10.3 Å². The monoisotopic (exact) mass is 405 g/mol. The van der Waals surface area contributed by atoms with Crippen LogP contribution in [0, 0.1) is 0 Å². The van der Waals surface area contributed by atoms with Gasteiger partial charge in [-0.15, -0.1) is 23.1 Å². The van der Waals surface area contributed by atoms with Crippen molar-refractivity contribution in [1.29, 1.82) is 0 Å². The van der Waals surface area contributed by atoms with Crippen LogP contribution in [0.4, 0.5) is 0 Å². The van der Waals surface area contributed by atoms with Gasteiger partial charge in [0.05, 0.1) is 16.9 Å². The molecule has 0 aromatic carbocycles. The smallest absolute Gasteiger partial charge is 0.259 e. The molecule has 1 amide bonds. The van der Waals surface area contributed by atoms with Crippen LogP contribution in [-0.4, -0.2) is 27.7 Å². The van der Waals surface area contributed by atoms with E-state index in [1.165, 1.54) is 54.3 Å². The van der Waals surface area contributed by atoms with Crippen LogP contribution in [0.5, 0.6) is 0 Å². The van der Waals surface area contributed by atoms with E-state index in [0.717, 1.165) is 42.3 Å². The SMILES string of the molecule is O=C(CSCc1nc2sc3c(c2c(=O)[nH]1)CCC3)NC1CCCCCCC1. The minimum atomic E-state index is -0.0195. The zero-order chi connectivity index (χ0) is 18.6. The maximum Gasteiger partial charge on any atom is 0.259 e. The average molecular weight is 406 g/mol. The molecule has 4 rings (SSSR count). The van der Waals surface area contributed by atoms with Crippen LogP contribution < -0.4 is 10.9 Å². The molecule has 0 aliphatic heterocycles. The molecule has 2 N–H and O–H groups in total. The number of hydrogen-bond acceptors (Lipinski definition) is 5. The Morgan fingerprint density at radius 2 is 1.93 bits per heavy atom. The van der Waals surface area contributed by atoms with Crippen molar-refractivity contribution in [2.75, 3.05) is 5.75 Å². The van der Waals surface area contributed by atoms with Crippen LogP contribution in [0.15, 0.2) is 4.79 Å². The number of aryl methyl sites for hydroxylation is 2. The van der Waals surface area contributed by atoms with Crippen LogP contribution in [0.2, 0.25) is 0 Å². The van der Waals surface area contributed by atoms with Gasteiger partial charge in [0.25, 0.3) is 5.56 Å². The molecule has 7 heteroatoms. The molecule has 2 heterocycles. The van der Waals surface area contributed by atoms with Crippen LogP contribution in [0.1, 0.15) is 67.6 Å². The van der Waals surface area contributed by atoms with Gasteiger partial charge in [0.1, 0.15) is 10.7 Å².